The summed E-state index contributed by atoms with van der Waals surface area (Å²) in [6, 6.07) is 3.26. The highest BCUT2D eigenvalue weighted by molar-refractivity contribution is 7.81. The number of anilines is 3. The molecule has 162 valence electrons. The first-order chi connectivity index (χ1) is 14.2. The van der Waals surface area contributed by atoms with Gasteiger partial charge >= 0.3 is 5.97 Å². The summed E-state index contributed by atoms with van der Waals surface area (Å²) in [5.41, 5.74) is 11.2. The monoisotopic (exact) mass is 459 g/mol. The number of carbonyl (C=O) groups excluding carboxylic acids is 1. The van der Waals surface area contributed by atoms with Crippen molar-refractivity contribution in [1.29, 1.82) is 0 Å². The molecule has 0 bridgehead atoms. The molecule has 0 radical (unpaired) electrons. The van der Waals surface area contributed by atoms with Crippen molar-refractivity contribution in [3.63, 3.8) is 0 Å². The van der Waals surface area contributed by atoms with Crippen LogP contribution in [0.5, 0.6) is 0 Å². The van der Waals surface area contributed by atoms with Gasteiger partial charge in [-0.25, -0.2) is 27.7 Å². The summed E-state index contributed by atoms with van der Waals surface area (Å²) in [7, 11) is 0. The molecule has 0 spiro atoms. The number of thiazole rings is 1. The number of benzene rings is 1. The van der Waals surface area contributed by atoms with Crippen LogP contribution in [-0.2, 0) is 16.1 Å². The molecule has 1 unspecified atom stereocenters. The lowest BCUT2D eigenvalue weighted by Crippen LogP contribution is -2.36. The number of carbonyl (C=O) groups is 2. The molecule has 0 aliphatic heterocycles. The normalized spacial score (nSPS) is 12.3. The Hall–Kier alpha value is -3.14. The van der Waals surface area contributed by atoms with Gasteiger partial charge in [0.1, 0.15) is 17.4 Å². The molecule has 1 amide bonds. The van der Waals surface area contributed by atoms with Crippen LogP contribution in [0.25, 0.3) is 0 Å². The first kappa shape index (κ1) is 23.1. The Morgan fingerprint density at radius 3 is 2.73 bits per heavy atom. The number of nitrogens with two attached hydrogens (primary N) is 2. The first-order valence-corrected chi connectivity index (χ1v) is 10.1. The maximum atomic E-state index is 14.5. The Bertz CT molecular complexity index is 984. The van der Waals surface area contributed by atoms with E-state index in [9.17, 15) is 22.7 Å². The zero-order valence-electron chi connectivity index (χ0n) is 15.2. The summed E-state index contributed by atoms with van der Waals surface area (Å²) < 4.78 is 36.5. The number of nitrogens with one attached hydrogen (secondary N) is 2. The lowest BCUT2D eigenvalue weighted by atomic mass is 10.2. The van der Waals surface area contributed by atoms with Gasteiger partial charge in [0, 0.05) is 19.2 Å². The molecule has 0 aliphatic rings. The average Bonchev–Trinajstić information content (AvgIpc) is 3.16. The van der Waals surface area contributed by atoms with Gasteiger partial charge in [-0.15, -0.1) is 11.3 Å². The predicted octanol–water partition coefficient (Wildman–Crippen LogP) is 0.0567. The first-order valence-electron chi connectivity index (χ1n) is 8.15. The van der Waals surface area contributed by atoms with Crippen molar-refractivity contribution in [2.24, 2.45) is 16.5 Å². The van der Waals surface area contributed by atoms with Crippen LogP contribution in [0.1, 0.15) is 10.5 Å². The molecule has 0 aliphatic carbocycles. The van der Waals surface area contributed by atoms with E-state index >= 15 is 0 Å². The van der Waals surface area contributed by atoms with Gasteiger partial charge in [-0.05, 0) is 12.1 Å². The topological polar surface area (TPSA) is 196 Å². The van der Waals surface area contributed by atoms with Crippen molar-refractivity contribution in [2.75, 3.05) is 29.3 Å². The van der Waals surface area contributed by atoms with Gasteiger partial charge in [-0.2, -0.15) is 0 Å². The number of aromatic nitrogens is 1. The number of rotatable bonds is 9. The SMILES string of the molecule is NCCNC(N)=NCC(=O)Nc1ccc(N(c2scnc2C(=O)O)S(=O)O)cc1F. The van der Waals surface area contributed by atoms with E-state index in [-0.39, 0.29) is 28.9 Å². The van der Waals surface area contributed by atoms with E-state index in [0.29, 0.717) is 17.4 Å². The molecule has 0 saturated heterocycles. The molecule has 12 nitrogen and oxygen atoms in total. The molecule has 1 aromatic heterocycles. The van der Waals surface area contributed by atoms with E-state index in [1.165, 1.54) is 11.6 Å². The van der Waals surface area contributed by atoms with Crippen molar-refractivity contribution in [1.82, 2.24) is 10.3 Å². The standard InChI is InChI=1S/C15H18FN7O5S2/c16-9-5-8(23(30(27)28)13-12(14(25)26)21-7-29-13)1-2-10(9)22-11(24)6-20-15(18)19-4-3-17/h1-2,5,7H,3-4,6,17H2,(H,22,24)(H,25,26)(H,27,28)(H3,18,19,20). The smallest absolute Gasteiger partial charge is 0.357 e. The van der Waals surface area contributed by atoms with Crippen molar-refractivity contribution in [3.8, 4) is 0 Å². The van der Waals surface area contributed by atoms with Gasteiger partial charge in [0.15, 0.2) is 11.7 Å². The minimum absolute atomic E-state index is 0.00581. The third-order valence-electron chi connectivity index (χ3n) is 3.40. The number of amides is 1. The Labute approximate surface area is 176 Å². The lowest BCUT2D eigenvalue weighted by Gasteiger charge is -2.19. The summed E-state index contributed by atoms with van der Waals surface area (Å²) in [5.74, 6) is -2.98. The number of aliphatic imine (C=N–C) groups is 1. The summed E-state index contributed by atoms with van der Waals surface area (Å²) in [6.07, 6.45) is 0. The number of aromatic carboxylic acids is 1. The minimum Gasteiger partial charge on any atom is -0.476 e. The molecule has 1 heterocycles. The molecule has 15 heteroatoms. The molecule has 2 rings (SSSR count). The molecular formula is C15H18FN7O5S2. The molecule has 0 saturated carbocycles. The zero-order valence-corrected chi connectivity index (χ0v) is 16.9. The van der Waals surface area contributed by atoms with Crippen LogP contribution in [0.3, 0.4) is 0 Å². The Balaban J connectivity index is 2.19. The fourth-order valence-electron chi connectivity index (χ4n) is 2.14. The second kappa shape index (κ2) is 10.6. The Morgan fingerprint density at radius 1 is 1.40 bits per heavy atom. The van der Waals surface area contributed by atoms with Crippen molar-refractivity contribution < 1.29 is 27.8 Å². The van der Waals surface area contributed by atoms with Gasteiger partial charge in [-0.1, -0.05) is 0 Å². The van der Waals surface area contributed by atoms with E-state index < -0.39 is 34.7 Å². The average molecular weight is 459 g/mol. The van der Waals surface area contributed by atoms with E-state index in [0.717, 1.165) is 23.5 Å². The summed E-state index contributed by atoms with van der Waals surface area (Å²) in [6.45, 7) is 0.324. The van der Waals surface area contributed by atoms with Gasteiger partial charge < -0.3 is 27.2 Å². The van der Waals surface area contributed by atoms with Gasteiger partial charge in [0.05, 0.1) is 16.9 Å². The summed E-state index contributed by atoms with van der Waals surface area (Å²) in [5, 5.41) is 13.9. The highest BCUT2D eigenvalue weighted by atomic mass is 32.2. The molecule has 8 N–H and O–H groups in total. The molecular weight excluding hydrogens is 441 g/mol. The second-order valence-corrected chi connectivity index (χ2v) is 7.13. The second-order valence-electron chi connectivity index (χ2n) is 5.47. The van der Waals surface area contributed by atoms with Crippen molar-refractivity contribution in [2.45, 2.75) is 0 Å². The van der Waals surface area contributed by atoms with Crippen LogP contribution in [0, 0.1) is 5.82 Å². The predicted molar refractivity (Wildman–Crippen MR) is 111 cm³/mol. The van der Waals surface area contributed by atoms with Gasteiger partial charge in [-0.3, -0.25) is 9.35 Å². The fraction of sp³-hybridized carbons (Fsp3) is 0.200. The number of hydrogen-bond acceptors (Lipinski definition) is 7. The number of nitrogens with zero attached hydrogens (tertiary/aromatic N) is 3. The number of hydrogen-bond donors (Lipinski definition) is 6. The van der Waals surface area contributed by atoms with Crippen LogP contribution in [0.2, 0.25) is 0 Å². The van der Waals surface area contributed by atoms with E-state index in [1.807, 2.05) is 0 Å². The Kier molecular flexibility index (Phi) is 8.16. The van der Waals surface area contributed by atoms with Crippen molar-refractivity contribution >= 4 is 56.8 Å². The number of carboxylic acid groups (broad SMARTS) is 1. The highest BCUT2D eigenvalue weighted by Crippen LogP contribution is 2.34. The number of carboxylic acids is 1. The number of guanidine groups is 1. The van der Waals surface area contributed by atoms with Crippen LogP contribution >= 0.6 is 11.3 Å². The van der Waals surface area contributed by atoms with E-state index in [4.69, 9.17) is 16.6 Å². The largest absolute Gasteiger partial charge is 0.476 e. The summed E-state index contributed by atoms with van der Waals surface area (Å²) in [4.78, 5) is 30.5. The van der Waals surface area contributed by atoms with Gasteiger partial charge in [0.25, 0.3) is 11.3 Å². The minimum atomic E-state index is -2.71. The lowest BCUT2D eigenvalue weighted by molar-refractivity contribution is -0.114. The molecule has 1 atom stereocenters. The maximum absolute atomic E-state index is 14.5. The van der Waals surface area contributed by atoms with Crippen LogP contribution in [0.15, 0.2) is 28.7 Å². The van der Waals surface area contributed by atoms with Crippen LogP contribution in [0.4, 0.5) is 20.8 Å². The summed E-state index contributed by atoms with van der Waals surface area (Å²) >= 11 is -1.92. The van der Waals surface area contributed by atoms with E-state index in [2.05, 4.69) is 20.6 Å². The fourth-order valence-corrected chi connectivity index (χ4v) is 3.70. The van der Waals surface area contributed by atoms with E-state index in [1.54, 1.807) is 0 Å². The molecule has 0 fully saturated rings. The quantitative estimate of drug-likeness (QED) is 0.171. The van der Waals surface area contributed by atoms with Gasteiger partial charge in [0.2, 0.25) is 5.91 Å². The third kappa shape index (κ3) is 5.93. The Morgan fingerprint density at radius 2 is 2.13 bits per heavy atom. The van der Waals surface area contributed by atoms with Crippen molar-refractivity contribution in [3.05, 3.63) is 35.2 Å². The van der Waals surface area contributed by atoms with Crippen LogP contribution in [-0.4, -0.2) is 56.3 Å². The highest BCUT2D eigenvalue weighted by Gasteiger charge is 2.25. The zero-order chi connectivity index (χ0) is 22.3. The van der Waals surface area contributed by atoms with Crippen LogP contribution < -0.4 is 26.4 Å². The maximum Gasteiger partial charge on any atom is 0.357 e. The molecule has 2 aromatic rings. The molecule has 1 aromatic carbocycles. The third-order valence-corrected chi connectivity index (χ3v) is 5.03. The molecule has 30 heavy (non-hydrogen) atoms. The number of halogens is 1.